The van der Waals surface area contributed by atoms with Crippen molar-refractivity contribution in [2.45, 2.75) is 386 Å². The van der Waals surface area contributed by atoms with Gasteiger partial charge in [0.05, 0.1) is 0 Å². The summed E-state index contributed by atoms with van der Waals surface area (Å²) < 4.78 is 17.0. The molecule has 0 aromatic heterocycles. The second-order valence-corrected chi connectivity index (χ2v) is 23.8. The van der Waals surface area contributed by atoms with Gasteiger partial charge in [-0.25, -0.2) is 0 Å². The standard InChI is InChI=1S/C73H134O6/c1-4-7-10-13-16-19-22-25-28-30-32-34-36-38-40-42-45-48-51-54-57-60-63-66-72(75)78-69-70(68-77-71(74)65-62-59-56-53-50-47-44-27-24-21-18-15-12-9-6-3)79-73(76)67-64-61-58-55-52-49-46-43-41-39-37-35-33-31-29-26-23-20-17-14-11-8-5-2/h9,12,18,21,27,30,32,44,70H,4-8,10-11,13-17,19-20,22-26,28-29,31,33-43,45-69H2,1-3H3/b12-9-,21-18-,32-30-,44-27-. The predicted molar refractivity (Wildman–Crippen MR) is 344 cm³/mol. The number of carbonyl (C=O) groups is 3. The van der Waals surface area contributed by atoms with Gasteiger partial charge in [-0.2, -0.15) is 0 Å². The molecule has 0 aromatic rings. The summed E-state index contributed by atoms with van der Waals surface area (Å²) in [5, 5.41) is 0. The van der Waals surface area contributed by atoms with Crippen molar-refractivity contribution < 1.29 is 28.6 Å². The molecule has 0 fully saturated rings. The lowest BCUT2D eigenvalue weighted by Gasteiger charge is -2.18. The highest BCUT2D eigenvalue weighted by molar-refractivity contribution is 5.71. The van der Waals surface area contributed by atoms with E-state index in [1.165, 1.54) is 244 Å². The van der Waals surface area contributed by atoms with Crippen LogP contribution in [0.3, 0.4) is 0 Å². The largest absolute Gasteiger partial charge is 0.462 e. The Balaban J connectivity index is 4.29. The van der Waals surface area contributed by atoms with Gasteiger partial charge in [-0.15, -0.1) is 0 Å². The number of hydrogen-bond acceptors (Lipinski definition) is 6. The van der Waals surface area contributed by atoms with E-state index < -0.39 is 6.10 Å². The number of esters is 3. The maximum absolute atomic E-state index is 13.0. The molecular weight excluding hydrogens is 973 g/mol. The Kier molecular flexibility index (Phi) is 65.6. The van der Waals surface area contributed by atoms with E-state index in [-0.39, 0.29) is 31.1 Å². The molecule has 0 bridgehead atoms. The lowest BCUT2D eigenvalue weighted by atomic mass is 10.0. The van der Waals surface area contributed by atoms with Crippen LogP contribution in [0, 0.1) is 0 Å². The third-order valence-corrected chi connectivity index (χ3v) is 15.8. The van der Waals surface area contributed by atoms with Gasteiger partial charge in [0.2, 0.25) is 0 Å². The summed E-state index contributed by atoms with van der Waals surface area (Å²) in [5.41, 5.74) is 0. The quantitative estimate of drug-likeness (QED) is 0.0261. The molecule has 0 amide bonds. The molecule has 6 heteroatoms. The van der Waals surface area contributed by atoms with Gasteiger partial charge < -0.3 is 14.2 Å². The maximum Gasteiger partial charge on any atom is 0.306 e. The molecule has 0 spiro atoms. The first-order chi connectivity index (χ1) is 39.0. The maximum atomic E-state index is 13.0. The lowest BCUT2D eigenvalue weighted by Crippen LogP contribution is -2.30. The fourth-order valence-electron chi connectivity index (χ4n) is 10.6. The van der Waals surface area contributed by atoms with Gasteiger partial charge in [0.25, 0.3) is 0 Å². The third-order valence-electron chi connectivity index (χ3n) is 15.8. The van der Waals surface area contributed by atoms with Crippen LogP contribution in [0.5, 0.6) is 0 Å². The van der Waals surface area contributed by atoms with Crippen molar-refractivity contribution in [3.63, 3.8) is 0 Å². The van der Waals surface area contributed by atoms with Crippen LogP contribution in [0.4, 0.5) is 0 Å². The van der Waals surface area contributed by atoms with E-state index in [9.17, 15) is 14.4 Å². The molecule has 0 saturated heterocycles. The smallest absolute Gasteiger partial charge is 0.306 e. The summed E-state index contributed by atoms with van der Waals surface area (Å²) in [6, 6.07) is 0. The fourth-order valence-corrected chi connectivity index (χ4v) is 10.6. The summed E-state index contributed by atoms with van der Waals surface area (Å²) in [6.45, 7) is 6.59. The van der Waals surface area contributed by atoms with E-state index in [4.69, 9.17) is 14.2 Å². The zero-order valence-electron chi connectivity index (χ0n) is 53.2. The topological polar surface area (TPSA) is 78.9 Å². The molecule has 6 nitrogen and oxygen atoms in total. The van der Waals surface area contributed by atoms with E-state index in [1.807, 2.05) is 0 Å². The number of unbranched alkanes of at least 4 members (excludes halogenated alkanes) is 46. The number of allylic oxidation sites excluding steroid dienone is 8. The van der Waals surface area contributed by atoms with Crippen LogP contribution < -0.4 is 0 Å². The van der Waals surface area contributed by atoms with Gasteiger partial charge in [-0.3, -0.25) is 14.4 Å². The summed E-state index contributed by atoms with van der Waals surface area (Å²) >= 11 is 0. The molecule has 1 unspecified atom stereocenters. The first kappa shape index (κ1) is 76.4. The molecule has 0 N–H and O–H groups in total. The molecule has 0 radical (unpaired) electrons. The van der Waals surface area contributed by atoms with Crippen molar-refractivity contribution in [1.29, 1.82) is 0 Å². The Morgan fingerprint density at radius 2 is 0.494 bits per heavy atom. The van der Waals surface area contributed by atoms with E-state index in [0.29, 0.717) is 19.3 Å². The highest BCUT2D eigenvalue weighted by Crippen LogP contribution is 2.18. The molecule has 462 valence electrons. The van der Waals surface area contributed by atoms with Crippen LogP contribution >= 0.6 is 0 Å². The minimum Gasteiger partial charge on any atom is -0.462 e. The number of carbonyl (C=O) groups excluding carboxylic acids is 3. The van der Waals surface area contributed by atoms with Crippen LogP contribution in [0.2, 0.25) is 0 Å². The SMILES string of the molecule is CC/C=C\C/C=C\C/C=C\CCCCCCCC(=O)OCC(COC(=O)CCCCCCCCCCCCC/C=C\CCCCCCCCCC)OC(=O)CCCCCCCCCCCCCCCCCCCCCCCCC. The average molecular weight is 1110 g/mol. The van der Waals surface area contributed by atoms with Gasteiger partial charge >= 0.3 is 17.9 Å². The highest BCUT2D eigenvalue weighted by Gasteiger charge is 2.19. The van der Waals surface area contributed by atoms with Crippen molar-refractivity contribution in [3.05, 3.63) is 48.6 Å². The first-order valence-corrected chi connectivity index (χ1v) is 35.1. The van der Waals surface area contributed by atoms with E-state index in [2.05, 4.69) is 69.4 Å². The minimum atomic E-state index is -0.780. The monoisotopic (exact) mass is 1110 g/mol. The third kappa shape index (κ3) is 66.1. The Bertz CT molecular complexity index is 1360. The zero-order valence-corrected chi connectivity index (χ0v) is 53.2. The summed E-state index contributed by atoms with van der Waals surface area (Å²) in [5.74, 6) is -0.867. The van der Waals surface area contributed by atoms with Crippen LogP contribution in [0.15, 0.2) is 48.6 Å². The lowest BCUT2D eigenvalue weighted by molar-refractivity contribution is -0.167. The molecule has 1 atom stereocenters. The van der Waals surface area contributed by atoms with Crippen molar-refractivity contribution in [1.82, 2.24) is 0 Å². The fraction of sp³-hybridized carbons (Fsp3) is 0.849. The van der Waals surface area contributed by atoms with Gasteiger partial charge in [0, 0.05) is 19.3 Å². The number of hydrogen-bond donors (Lipinski definition) is 0. The van der Waals surface area contributed by atoms with Gasteiger partial charge in [-0.1, -0.05) is 333 Å². The minimum absolute atomic E-state index is 0.0751. The molecule has 0 saturated carbocycles. The summed E-state index contributed by atoms with van der Waals surface area (Å²) in [6.07, 6.45) is 85.7. The average Bonchev–Trinajstić information content (AvgIpc) is 3.45. The molecule has 0 aliphatic heterocycles. The Morgan fingerprint density at radius 3 is 0.785 bits per heavy atom. The molecule has 0 aliphatic rings. The van der Waals surface area contributed by atoms with Crippen molar-refractivity contribution in [2.24, 2.45) is 0 Å². The summed E-state index contributed by atoms with van der Waals surface area (Å²) in [7, 11) is 0. The van der Waals surface area contributed by atoms with Crippen LogP contribution in [-0.4, -0.2) is 37.2 Å². The summed E-state index contributed by atoms with van der Waals surface area (Å²) in [4.78, 5) is 38.4. The second-order valence-electron chi connectivity index (χ2n) is 23.8. The van der Waals surface area contributed by atoms with E-state index in [0.717, 1.165) is 96.3 Å². The normalized spacial score (nSPS) is 12.3. The van der Waals surface area contributed by atoms with Crippen molar-refractivity contribution in [3.8, 4) is 0 Å². The van der Waals surface area contributed by atoms with E-state index >= 15 is 0 Å². The first-order valence-electron chi connectivity index (χ1n) is 35.1. The van der Waals surface area contributed by atoms with Crippen molar-refractivity contribution in [2.75, 3.05) is 13.2 Å². The molecular formula is C73H134O6. The van der Waals surface area contributed by atoms with Crippen LogP contribution in [0.25, 0.3) is 0 Å². The van der Waals surface area contributed by atoms with Crippen LogP contribution in [0.1, 0.15) is 380 Å². The second kappa shape index (κ2) is 67.9. The van der Waals surface area contributed by atoms with Gasteiger partial charge in [0.15, 0.2) is 6.10 Å². The van der Waals surface area contributed by atoms with Crippen molar-refractivity contribution >= 4 is 17.9 Å². The Hall–Kier alpha value is -2.63. The van der Waals surface area contributed by atoms with Gasteiger partial charge in [-0.05, 0) is 77.0 Å². The molecule has 79 heavy (non-hydrogen) atoms. The van der Waals surface area contributed by atoms with Gasteiger partial charge in [0.1, 0.15) is 13.2 Å². The number of rotatable bonds is 65. The Labute approximate surface area is 492 Å². The predicted octanol–water partition coefficient (Wildman–Crippen LogP) is 24.1. The van der Waals surface area contributed by atoms with Crippen LogP contribution in [-0.2, 0) is 28.6 Å². The Morgan fingerprint density at radius 1 is 0.266 bits per heavy atom. The zero-order chi connectivity index (χ0) is 57.1. The molecule has 0 aromatic carbocycles. The number of ether oxygens (including phenoxy) is 3. The highest BCUT2D eigenvalue weighted by atomic mass is 16.6. The molecule has 0 rings (SSSR count). The molecule has 0 aliphatic carbocycles. The van der Waals surface area contributed by atoms with E-state index in [1.54, 1.807) is 0 Å². The molecule has 0 heterocycles.